The number of benzene rings is 1. The molecule has 1 atom stereocenters. The summed E-state index contributed by atoms with van der Waals surface area (Å²) in [5.74, 6) is -0.888. The molecule has 1 aliphatic heterocycles. The van der Waals surface area contributed by atoms with Crippen molar-refractivity contribution in [1.82, 2.24) is 19.4 Å². The second-order valence-electron chi connectivity index (χ2n) is 8.94. The van der Waals surface area contributed by atoms with E-state index in [2.05, 4.69) is 29.4 Å². The molecule has 2 N–H and O–H groups in total. The number of nitrogens with one attached hydrogen (secondary N) is 2. The number of hydrogen-bond acceptors (Lipinski definition) is 5. The van der Waals surface area contributed by atoms with Gasteiger partial charge in [-0.15, -0.1) is 0 Å². The van der Waals surface area contributed by atoms with E-state index in [1.54, 1.807) is 25.2 Å². The van der Waals surface area contributed by atoms with Crippen molar-refractivity contribution in [3.63, 3.8) is 0 Å². The van der Waals surface area contributed by atoms with Crippen molar-refractivity contribution in [1.29, 1.82) is 0 Å². The van der Waals surface area contributed by atoms with Gasteiger partial charge < -0.3 is 10.2 Å². The van der Waals surface area contributed by atoms with Crippen LogP contribution < -0.4 is 16.3 Å². The molecule has 2 aromatic rings. The molecule has 0 spiro atoms. The van der Waals surface area contributed by atoms with Crippen LogP contribution in [0.25, 0.3) is 11.0 Å². The number of aromatic nitrogens is 2. The van der Waals surface area contributed by atoms with Gasteiger partial charge in [0.2, 0.25) is 17.7 Å². The number of amides is 3. The minimum atomic E-state index is -0.749. The molecule has 0 bridgehead atoms. The summed E-state index contributed by atoms with van der Waals surface area (Å²) in [5, 5.41) is 5.26. The molecule has 1 fully saturated rings. The number of imide groups is 1. The Hall–Kier alpha value is -2.94. The molecule has 1 aromatic carbocycles. The number of anilines is 1. The van der Waals surface area contributed by atoms with Crippen LogP contribution in [0.4, 0.5) is 5.69 Å². The number of aryl methyl sites for hydroxylation is 1. The second kappa shape index (κ2) is 12.0. The van der Waals surface area contributed by atoms with E-state index in [1.165, 1.54) is 22.0 Å². The maximum Gasteiger partial charge on any atom is 0.329 e. The van der Waals surface area contributed by atoms with Crippen molar-refractivity contribution >= 4 is 34.4 Å². The van der Waals surface area contributed by atoms with Gasteiger partial charge in [0, 0.05) is 19.9 Å². The molecule has 1 aliphatic rings. The number of fused-ring (bicyclic) bond motifs is 1. The van der Waals surface area contributed by atoms with Crippen LogP contribution in [0.3, 0.4) is 0 Å². The predicted octanol–water partition coefficient (Wildman–Crippen LogP) is 2.94. The molecule has 9 heteroatoms. The number of imidazole rings is 1. The van der Waals surface area contributed by atoms with Gasteiger partial charge >= 0.3 is 5.69 Å². The lowest BCUT2D eigenvalue weighted by Gasteiger charge is -2.21. The lowest BCUT2D eigenvalue weighted by atomic mass is 10.1. The Morgan fingerprint density at radius 3 is 2.50 bits per heavy atom. The summed E-state index contributed by atoms with van der Waals surface area (Å²) < 4.78 is 2.87. The number of carbonyl (C=O) groups is 3. The third-order valence-corrected chi connectivity index (χ3v) is 6.67. The lowest BCUT2D eigenvalue weighted by molar-refractivity contribution is -0.135. The van der Waals surface area contributed by atoms with Crippen molar-refractivity contribution in [2.24, 2.45) is 7.05 Å². The van der Waals surface area contributed by atoms with E-state index in [-0.39, 0.29) is 30.3 Å². The van der Waals surface area contributed by atoms with E-state index in [0.717, 1.165) is 38.9 Å². The third-order valence-electron chi connectivity index (χ3n) is 6.67. The summed E-state index contributed by atoms with van der Waals surface area (Å²) >= 11 is 0. The summed E-state index contributed by atoms with van der Waals surface area (Å²) in [5.41, 5.74) is 1.33. The van der Waals surface area contributed by atoms with Gasteiger partial charge in [0.15, 0.2) is 0 Å². The molecule has 0 radical (unpaired) electrons. The lowest BCUT2D eigenvalue weighted by Crippen LogP contribution is -2.44. The van der Waals surface area contributed by atoms with Gasteiger partial charge in [-0.1, -0.05) is 39.2 Å². The number of rotatable bonds is 12. The highest BCUT2D eigenvalue weighted by atomic mass is 16.2. The van der Waals surface area contributed by atoms with Gasteiger partial charge in [0.1, 0.15) is 6.04 Å². The van der Waals surface area contributed by atoms with Crippen LogP contribution in [-0.2, 0) is 21.4 Å². The Morgan fingerprint density at radius 1 is 1.09 bits per heavy atom. The molecular weight excluding hydrogens is 434 g/mol. The molecule has 1 saturated heterocycles. The summed E-state index contributed by atoms with van der Waals surface area (Å²) in [6.07, 6.45) is 6.20. The fourth-order valence-corrected chi connectivity index (χ4v) is 4.67. The molecule has 34 heavy (non-hydrogen) atoms. The van der Waals surface area contributed by atoms with Crippen molar-refractivity contribution in [2.75, 3.05) is 25.0 Å². The first-order valence-corrected chi connectivity index (χ1v) is 12.4. The number of nitrogens with zero attached hydrogens (tertiary/aromatic N) is 3. The first kappa shape index (κ1) is 25.7. The summed E-state index contributed by atoms with van der Waals surface area (Å²) in [7, 11) is 1.63. The zero-order valence-electron chi connectivity index (χ0n) is 20.6. The Balaban J connectivity index is 1.59. The van der Waals surface area contributed by atoms with Crippen molar-refractivity contribution in [3.8, 4) is 0 Å². The molecule has 3 amide bonds. The molecule has 1 unspecified atom stereocenters. The molecule has 186 valence electrons. The maximum atomic E-state index is 13.0. The van der Waals surface area contributed by atoms with Crippen LogP contribution in [0.2, 0.25) is 0 Å². The van der Waals surface area contributed by atoms with E-state index in [4.69, 9.17) is 0 Å². The standard InChI is InChI=1S/C25H37N5O4/c1-4-29(5-2)17-10-8-6-7-9-14-21(31)26-18-12-11-13-19-23(18)28(3)25(34)30(19)20-15-16-22(32)27-24(20)33/h11-13,20H,4-10,14-17H2,1-3H3,(H,26,31)(H,27,32,33). The Labute approximate surface area is 200 Å². The van der Waals surface area contributed by atoms with Gasteiger partial charge in [-0.2, -0.15) is 0 Å². The van der Waals surface area contributed by atoms with E-state index < -0.39 is 11.9 Å². The van der Waals surface area contributed by atoms with Crippen LogP contribution in [-0.4, -0.2) is 51.4 Å². The summed E-state index contributed by atoms with van der Waals surface area (Å²) in [6.45, 7) is 7.68. The predicted molar refractivity (Wildman–Crippen MR) is 133 cm³/mol. The topological polar surface area (TPSA) is 105 Å². The monoisotopic (exact) mass is 471 g/mol. The van der Waals surface area contributed by atoms with Crippen LogP contribution in [0.15, 0.2) is 23.0 Å². The SMILES string of the molecule is CCN(CC)CCCCCCCC(=O)Nc1cccc2c1n(C)c(=O)n2C1CCC(=O)NC1=O. The third kappa shape index (κ3) is 5.94. The minimum Gasteiger partial charge on any atom is -0.324 e. The maximum absolute atomic E-state index is 13.0. The van der Waals surface area contributed by atoms with E-state index in [9.17, 15) is 19.2 Å². The van der Waals surface area contributed by atoms with Crippen molar-refractivity contribution < 1.29 is 14.4 Å². The number of hydrogen-bond donors (Lipinski definition) is 2. The average Bonchev–Trinajstić information content (AvgIpc) is 3.07. The van der Waals surface area contributed by atoms with Gasteiger partial charge in [-0.05, 0) is 51.0 Å². The highest BCUT2D eigenvalue weighted by Crippen LogP contribution is 2.27. The zero-order valence-corrected chi connectivity index (χ0v) is 20.6. The van der Waals surface area contributed by atoms with Crippen LogP contribution in [0.1, 0.15) is 71.3 Å². The van der Waals surface area contributed by atoms with Crippen molar-refractivity contribution in [2.45, 2.75) is 71.3 Å². The van der Waals surface area contributed by atoms with Crippen molar-refractivity contribution in [3.05, 3.63) is 28.7 Å². The molecular formula is C25H37N5O4. The molecule has 2 heterocycles. The van der Waals surface area contributed by atoms with Crippen LogP contribution in [0.5, 0.6) is 0 Å². The first-order chi connectivity index (χ1) is 16.4. The Morgan fingerprint density at radius 2 is 1.79 bits per heavy atom. The zero-order chi connectivity index (χ0) is 24.7. The highest BCUT2D eigenvalue weighted by Gasteiger charge is 2.31. The fourth-order valence-electron chi connectivity index (χ4n) is 4.67. The van der Waals surface area contributed by atoms with Gasteiger partial charge in [0.05, 0.1) is 16.7 Å². The molecule has 9 nitrogen and oxygen atoms in total. The summed E-state index contributed by atoms with van der Waals surface area (Å²) in [6, 6.07) is 4.53. The first-order valence-electron chi connectivity index (χ1n) is 12.4. The fraction of sp³-hybridized carbons (Fsp3) is 0.600. The minimum absolute atomic E-state index is 0.0863. The molecule has 0 aliphatic carbocycles. The quantitative estimate of drug-likeness (QED) is 0.366. The van der Waals surface area contributed by atoms with Crippen LogP contribution in [0, 0.1) is 0 Å². The number of piperidine rings is 1. The Bertz CT molecular complexity index is 1080. The van der Waals surface area contributed by atoms with E-state index in [1.807, 2.05) is 0 Å². The smallest absolute Gasteiger partial charge is 0.324 e. The number of para-hydroxylation sites is 1. The molecule has 1 aromatic heterocycles. The molecule has 0 saturated carbocycles. The number of unbranched alkanes of at least 4 members (excludes halogenated alkanes) is 4. The van der Waals surface area contributed by atoms with E-state index >= 15 is 0 Å². The number of carbonyl (C=O) groups excluding carboxylic acids is 3. The van der Waals surface area contributed by atoms with Gasteiger partial charge in [-0.25, -0.2) is 4.79 Å². The second-order valence-corrected chi connectivity index (χ2v) is 8.94. The largest absolute Gasteiger partial charge is 0.329 e. The Kier molecular flexibility index (Phi) is 9.04. The molecule has 3 rings (SSSR count). The van der Waals surface area contributed by atoms with E-state index in [0.29, 0.717) is 23.1 Å². The highest BCUT2D eigenvalue weighted by molar-refractivity contribution is 6.02. The van der Waals surface area contributed by atoms with Gasteiger partial charge in [0.25, 0.3) is 0 Å². The summed E-state index contributed by atoms with van der Waals surface area (Å²) in [4.78, 5) is 51.9. The van der Waals surface area contributed by atoms with Crippen LogP contribution >= 0.6 is 0 Å². The van der Waals surface area contributed by atoms with Gasteiger partial charge in [-0.3, -0.25) is 28.8 Å². The average molecular weight is 472 g/mol. The normalized spacial score (nSPS) is 16.3.